The number of thioether (sulfide) groups is 1. The van der Waals surface area contributed by atoms with Gasteiger partial charge in [0.1, 0.15) is 5.75 Å². The minimum absolute atomic E-state index is 0.00886. The molecule has 0 N–H and O–H groups in total. The first kappa shape index (κ1) is 20.2. The lowest BCUT2D eigenvalue weighted by molar-refractivity contribution is 0.102. The van der Waals surface area contributed by atoms with Crippen LogP contribution in [0.15, 0.2) is 84.0 Å². The van der Waals surface area contributed by atoms with Crippen LogP contribution in [0.3, 0.4) is 0 Å². The lowest BCUT2D eigenvalue weighted by Gasteiger charge is -2.10. The average molecular weight is 436 g/mol. The summed E-state index contributed by atoms with van der Waals surface area (Å²) in [6.07, 6.45) is 0. The number of rotatable bonds is 7. The molecule has 0 radical (unpaired) electrons. The molecule has 0 amide bonds. The zero-order valence-electron chi connectivity index (χ0n) is 16.2. The molecule has 0 spiro atoms. The summed E-state index contributed by atoms with van der Waals surface area (Å²) in [6.45, 7) is 0. The van der Waals surface area contributed by atoms with Crippen LogP contribution in [0.5, 0.6) is 5.75 Å². The van der Waals surface area contributed by atoms with Crippen LogP contribution in [0, 0.1) is 0 Å². The third kappa shape index (κ3) is 4.40. The van der Waals surface area contributed by atoms with E-state index in [0.29, 0.717) is 27.3 Å². The Kier molecular flexibility index (Phi) is 6.16. The SMILES string of the molecule is COc1ccc(C(=O)CSc2nnc(-c3cccc(Cl)c3)n2-c2ccccc2)cc1. The van der Waals surface area contributed by atoms with Gasteiger partial charge in [0, 0.05) is 21.8 Å². The highest BCUT2D eigenvalue weighted by atomic mass is 35.5. The number of methoxy groups -OCH3 is 1. The molecule has 7 heteroatoms. The van der Waals surface area contributed by atoms with Crippen molar-refractivity contribution in [3.63, 3.8) is 0 Å². The maximum atomic E-state index is 12.7. The number of nitrogens with zero attached hydrogens (tertiary/aromatic N) is 3. The van der Waals surface area contributed by atoms with Gasteiger partial charge in [-0.1, -0.05) is 53.7 Å². The fourth-order valence-corrected chi connectivity index (χ4v) is 4.01. The van der Waals surface area contributed by atoms with Gasteiger partial charge in [-0.05, 0) is 48.5 Å². The molecule has 0 fully saturated rings. The third-order valence-corrected chi connectivity index (χ3v) is 5.64. The van der Waals surface area contributed by atoms with Crippen LogP contribution in [0.2, 0.25) is 5.02 Å². The van der Waals surface area contributed by atoms with Crippen LogP contribution in [0.1, 0.15) is 10.4 Å². The van der Waals surface area contributed by atoms with Crippen LogP contribution >= 0.6 is 23.4 Å². The first-order valence-electron chi connectivity index (χ1n) is 9.22. The van der Waals surface area contributed by atoms with Crippen molar-refractivity contribution >= 4 is 29.1 Å². The summed E-state index contributed by atoms with van der Waals surface area (Å²) in [5, 5.41) is 10.00. The number of para-hydroxylation sites is 1. The quantitative estimate of drug-likeness (QED) is 0.280. The van der Waals surface area contributed by atoms with E-state index in [1.807, 2.05) is 59.2 Å². The second kappa shape index (κ2) is 9.15. The molecule has 0 bridgehead atoms. The van der Waals surface area contributed by atoms with E-state index >= 15 is 0 Å². The van der Waals surface area contributed by atoms with Crippen molar-refractivity contribution < 1.29 is 9.53 Å². The zero-order valence-corrected chi connectivity index (χ0v) is 17.7. The Morgan fingerprint density at radius 2 is 1.77 bits per heavy atom. The van der Waals surface area contributed by atoms with Crippen LogP contribution in [0.4, 0.5) is 0 Å². The second-order valence-corrected chi connectivity index (χ2v) is 7.81. The molecular weight excluding hydrogens is 418 g/mol. The summed E-state index contributed by atoms with van der Waals surface area (Å²) < 4.78 is 7.09. The van der Waals surface area contributed by atoms with Gasteiger partial charge in [0.15, 0.2) is 16.8 Å². The maximum Gasteiger partial charge on any atom is 0.196 e. The van der Waals surface area contributed by atoms with Crippen molar-refractivity contribution in [3.05, 3.63) is 89.4 Å². The number of benzene rings is 3. The Labute approximate surface area is 183 Å². The van der Waals surface area contributed by atoms with E-state index in [2.05, 4.69) is 10.2 Å². The largest absolute Gasteiger partial charge is 0.497 e. The monoisotopic (exact) mass is 435 g/mol. The van der Waals surface area contributed by atoms with Crippen molar-refractivity contribution in [2.75, 3.05) is 12.9 Å². The predicted molar refractivity (Wildman–Crippen MR) is 120 cm³/mol. The van der Waals surface area contributed by atoms with Crippen molar-refractivity contribution in [1.29, 1.82) is 0 Å². The van der Waals surface area contributed by atoms with E-state index < -0.39 is 0 Å². The Bertz CT molecular complexity index is 1160. The molecule has 0 aliphatic heterocycles. The van der Waals surface area contributed by atoms with Gasteiger partial charge in [-0.3, -0.25) is 9.36 Å². The normalized spacial score (nSPS) is 10.7. The van der Waals surface area contributed by atoms with Crippen molar-refractivity contribution in [1.82, 2.24) is 14.8 Å². The summed E-state index contributed by atoms with van der Waals surface area (Å²) in [7, 11) is 1.60. The average Bonchev–Trinajstić information content (AvgIpc) is 3.22. The standard InChI is InChI=1S/C23H18ClN3O2S/c1-29-20-12-10-16(11-13-20)21(28)15-30-23-26-25-22(17-6-5-7-18(24)14-17)27(23)19-8-3-2-4-9-19/h2-14H,15H2,1H3. The zero-order chi connectivity index (χ0) is 20.9. The minimum Gasteiger partial charge on any atom is -0.497 e. The number of carbonyl (C=O) groups is 1. The summed E-state index contributed by atoms with van der Waals surface area (Å²) >= 11 is 7.53. The lowest BCUT2D eigenvalue weighted by Crippen LogP contribution is -2.05. The van der Waals surface area contributed by atoms with Gasteiger partial charge in [0.2, 0.25) is 0 Å². The highest BCUT2D eigenvalue weighted by Gasteiger charge is 2.18. The number of Topliss-reactive ketones (excluding diaryl/α,β-unsaturated/α-hetero) is 1. The lowest BCUT2D eigenvalue weighted by atomic mass is 10.1. The van der Waals surface area contributed by atoms with Gasteiger partial charge in [0.05, 0.1) is 12.9 Å². The predicted octanol–water partition coefficient (Wildman–Crippen LogP) is 5.57. The number of ether oxygens (including phenoxy) is 1. The number of carbonyl (C=O) groups excluding carboxylic acids is 1. The Balaban J connectivity index is 1.64. The molecule has 0 unspecified atom stereocenters. The number of halogens is 1. The first-order valence-corrected chi connectivity index (χ1v) is 10.6. The molecule has 4 aromatic rings. The summed E-state index contributed by atoms with van der Waals surface area (Å²) in [5.74, 6) is 1.64. The maximum absolute atomic E-state index is 12.7. The van der Waals surface area contributed by atoms with Crippen LogP contribution in [-0.4, -0.2) is 33.4 Å². The van der Waals surface area contributed by atoms with E-state index in [1.54, 1.807) is 31.4 Å². The molecule has 150 valence electrons. The Hall–Kier alpha value is -3.09. The molecule has 30 heavy (non-hydrogen) atoms. The number of ketones is 1. The van der Waals surface area contributed by atoms with Crippen molar-refractivity contribution in [3.8, 4) is 22.8 Å². The van der Waals surface area contributed by atoms with E-state index in [4.69, 9.17) is 16.3 Å². The number of hydrogen-bond donors (Lipinski definition) is 0. The van der Waals surface area contributed by atoms with Gasteiger partial charge in [-0.2, -0.15) is 0 Å². The molecular formula is C23H18ClN3O2S. The second-order valence-electron chi connectivity index (χ2n) is 6.43. The van der Waals surface area contributed by atoms with Gasteiger partial charge in [-0.25, -0.2) is 0 Å². The first-order chi connectivity index (χ1) is 14.7. The van der Waals surface area contributed by atoms with Crippen LogP contribution in [0.25, 0.3) is 17.1 Å². The fourth-order valence-electron chi connectivity index (χ4n) is 2.98. The molecule has 1 aromatic heterocycles. The van der Waals surface area contributed by atoms with Gasteiger partial charge < -0.3 is 4.74 Å². The van der Waals surface area contributed by atoms with E-state index in [1.165, 1.54) is 11.8 Å². The van der Waals surface area contributed by atoms with Gasteiger partial charge >= 0.3 is 0 Å². The summed E-state index contributed by atoms with van der Waals surface area (Å²) in [4.78, 5) is 12.7. The molecule has 5 nitrogen and oxygen atoms in total. The van der Waals surface area contributed by atoms with Crippen molar-refractivity contribution in [2.45, 2.75) is 5.16 Å². The van der Waals surface area contributed by atoms with E-state index in [-0.39, 0.29) is 11.5 Å². The van der Waals surface area contributed by atoms with Crippen LogP contribution < -0.4 is 4.74 Å². The van der Waals surface area contributed by atoms with Crippen molar-refractivity contribution in [2.24, 2.45) is 0 Å². The minimum atomic E-state index is 0.00886. The highest BCUT2D eigenvalue weighted by Crippen LogP contribution is 2.29. The Morgan fingerprint density at radius 3 is 2.47 bits per heavy atom. The topological polar surface area (TPSA) is 57.0 Å². The summed E-state index contributed by atoms with van der Waals surface area (Å²) in [6, 6.07) is 24.4. The van der Waals surface area contributed by atoms with E-state index in [9.17, 15) is 4.79 Å². The Morgan fingerprint density at radius 1 is 1.00 bits per heavy atom. The van der Waals surface area contributed by atoms with Gasteiger partial charge in [0.25, 0.3) is 0 Å². The fraction of sp³-hybridized carbons (Fsp3) is 0.0870. The number of hydrogen-bond acceptors (Lipinski definition) is 5. The van der Waals surface area contributed by atoms with Crippen LogP contribution in [-0.2, 0) is 0 Å². The van der Waals surface area contributed by atoms with Gasteiger partial charge in [-0.15, -0.1) is 10.2 Å². The molecule has 4 rings (SSSR count). The molecule has 1 heterocycles. The molecule has 0 aliphatic carbocycles. The smallest absolute Gasteiger partial charge is 0.196 e. The third-order valence-electron chi connectivity index (χ3n) is 4.47. The molecule has 0 saturated carbocycles. The molecule has 0 atom stereocenters. The number of aromatic nitrogens is 3. The highest BCUT2D eigenvalue weighted by molar-refractivity contribution is 7.99. The molecule has 0 aliphatic rings. The summed E-state index contributed by atoms with van der Waals surface area (Å²) in [5.41, 5.74) is 2.40. The molecule has 3 aromatic carbocycles. The van der Waals surface area contributed by atoms with E-state index in [0.717, 1.165) is 11.3 Å². The molecule has 0 saturated heterocycles.